The van der Waals surface area contributed by atoms with Crippen molar-refractivity contribution < 1.29 is 23.9 Å². The molecule has 0 amide bonds. The summed E-state index contributed by atoms with van der Waals surface area (Å²) in [6, 6.07) is 27.9. The summed E-state index contributed by atoms with van der Waals surface area (Å²) in [5.41, 5.74) is 3.26. The molecule has 0 aromatic heterocycles. The van der Waals surface area contributed by atoms with E-state index in [0.717, 1.165) is 22.4 Å². The standard InChI is InChI=1S/C28H23NO6/c1-20-4-2-6-26(16-20)33-18-21-8-10-23(11-9-21)28(30)34-19-22-5-3-7-27(17-22)35-25-14-12-24(13-15-25)29(31)32/h2-17H,18-19H2,1H3. The van der Waals surface area contributed by atoms with Crippen LogP contribution in [0.1, 0.15) is 27.0 Å². The number of carbonyl (C=O) groups excluding carboxylic acids is 1. The Balaban J connectivity index is 1.29. The van der Waals surface area contributed by atoms with Crippen molar-refractivity contribution in [2.45, 2.75) is 20.1 Å². The van der Waals surface area contributed by atoms with E-state index in [0.29, 0.717) is 23.7 Å². The quantitative estimate of drug-likeness (QED) is 0.155. The highest BCUT2D eigenvalue weighted by atomic mass is 16.6. The number of nitro benzene ring substituents is 1. The maximum atomic E-state index is 12.5. The van der Waals surface area contributed by atoms with Crippen LogP contribution in [0, 0.1) is 17.0 Å². The highest BCUT2D eigenvalue weighted by molar-refractivity contribution is 5.89. The Morgan fingerprint density at radius 3 is 2.20 bits per heavy atom. The van der Waals surface area contributed by atoms with Crippen LogP contribution < -0.4 is 9.47 Å². The van der Waals surface area contributed by atoms with Crippen molar-refractivity contribution in [1.82, 2.24) is 0 Å². The number of carbonyl (C=O) groups is 1. The fourth-order valence-corrected chi connectivity index (χ4v) is 3.31. The highest BCUT2D eigenvalue weighted by Gasteiger charge is 2.09. The summed E-state index contributed by atoms with van der Waals surface area (Å²) in [7, 11) is 0. The zero-order chi connectivity index (χ0) is 24.6. The zero-order valence-electron chi connectivity index (χ0n) is 19.0. The van der Waals surface area contributed by atoms with Crippen LogP contribution in [0.4, 0.5) is 5.69 Å². The van der Waals surface area contributed by atoms with E-state index in [2.05, 4.69) is 0 Å². The molecular formula is C28H23NO6. The van der Waals surface area contributed by atoms with E-state index in [1.165, 1.54) is 24.3 Å². The SMILES string of the molecule is Cc1cccc(OCc2ccc(C(=O)OCc3cccc(Oc4ccc([N+](=O)[O-])cc4)c3)cc2)c1. The number of nitro groups is 1. The van der Waals surface area contributed by atoms with Gasteiger partial charge in [0.05, 0.1) is 10.5 Å². The predicted molar refractivity (Wildman–Crippen MR) is 131 cm³/mol. The molecule has 4 rings (SSSR count). The van der Waals surface area contributed by atoms with Gasteiger partial charge in [-0.25, -0.2) is 4.79 Å². The number of esters is 1. The number of hydrogen-bond acceptors (Lipinski definition) is 6. The molecule has 0 fully saturated rings. The molecule has 0 saturated heterocycles. The normalized spacial score (nSPS) is 10.4. The van der Waals surface area contributed by atoms with Gasteiger partial charge in [0.15, 0.2) is 0 Å². The van der Waals surface area contributed by atoms with Gasteiger partial charge in [0.25, 0.3) is 5.69 Å². The van der Waals surface area contributed by atoms with Crippen molar-refractivity contribution >= 4 is 11.7 Å². The van der Waals surface area contributed by atoms with Gasteiger partial charge in [-0.3, -0.25) is 10.1 Å². The minimum atomic E-state index is -0.467. The maximum Gasteiger partial charge on any atom is 0.338 e. The molecule has 7 heteroatoms. The fourth-order valence-electron chi connectivity index (χ4n) is 3.31. The van der Waals surface area contributed by atoms with Gasteiger partial charge in [0.2, 0.25) is 0 Å². The first-order valence-corrected chi connectivity index (χ1v) is 10.9. The van der Waals surface area contributed by atoms with Crippen molar-refractivity contribution in [1.29, 1.82) is 0 Å². The molecule has 0 unspecified atom stereocenters. The third kappa shape index (κ3) is 6.68. The molecular weight excluding hydrogens is 446 g/mol. The van der Waals surface area contributed by atoms with Gasteiger partial charge in [-0.2, -0.15) is 0 Å². The van der Waals surface area contributed by atoms with E-state index < -0.39 is 10.9 Å². The van der Waals surface area contributed by atoms with Gasteiger partial charge in [-0.05, 0) is 72.1 Å². The molecule has 35 heavy (non-hydrogen) atoms. The lowest BCUT2D eigenvalue weighted by Gasteiger charge is -2.09. The van der Waals surface area contributed by atoms with Crippen LogP contribution in [0.3, 0.4) is 0 Å². The van der Waals surface area contributed by atoms with Crippen molar-refractivity contribution in [2.75, 3.05) is 0 Å². The number of benzene rings is 4. The predicted octanol–water partition coefficient (Wildman–Crippen LogP) is 6.63. The van der Waals surface area contributed by atoms with Crippen LogP contribution in [0.5, 0.6) is 17.2 Å². The lowest BCUT2D eigenvalue weighted by molar-refractivity contribution is -0.384. The second-order valence-corrected chi connectivity index (χ2v) is 7.88. The van der Waals surface area contributed by atoms with E-state index in [1.807, 2.05) is 49.4 Å². The molecule has 0 aliphatic carbocycles. The minimum absolute atomic E-state index is 0.00940. The Bertz CT molecular complexity index is 1320. The van der Waals surface area contributed by atoms with Crippen LogP contribution in [-0.4, -0.2) is 10.9 Å². The average molecular weight is 469 g/mol. The van der Waals surface area contributed by atoms with Crippen molar-refractivity contribution in [2.24, 2.45) is 0 Å². The van der Waals surface area contributed by atoms with Crippen LogP contribution >= 0.6 is 0 Å². The van der Waals surface area contributed by atoms with Gasteiger partial charge in [-0.1, -0.05) is 36.4 Å². The molecule has 0 N–H and O–H groups in total. The molecule has 4 aromatic rings. The second kappa shape index (κ2) is 11.0. The summed E-state index contributed by atoms with van der Waals surface area (Å²) in [4.78, 5) is 22.8. The third-order valence-corrected chi connectivity index (χ3v) is 5.14. The topological polar surface area (TPSA) is 87.9 Å². The third-order valence-electron chi connectivity index (χ3n) is 5.14. The molecule has 0 heterocycles. The first-order chi connectivity index (χ1) is 17.0. The summed E-state index contributed by atoms with van der Waals surface area (Å²) < 4.78 is 17.0. The van der Waals surface area contributed by atoms with E-state index in [9.17, 15) is 14.9 Å². The Morgan fingerprint density at radius 1 is 0.771 bits per heavy atom. The van der Waals surface area contributed by atoms with Gasteiger partial charge >= 0.3 is 5.97 Å². The van der Waals surface area contributed by atoms with Gasteiger partial charge in [0.1, 0.15) is 30.5 Å². The van der Waals surface area contributed by atoms with Crippen LogP contribution in [-0.2, 0) is 18.0 Å². The summed E-state index contributed by atoms with van der Waals surface area (Å²) in [5.74, 6) is 1.37. The molecule has 0 saturated carbocycles. The number of ether oxygens (including phenoxy) is 3. The monoisotopic (exact) mass is 469 g/mol. The molecule has 0 spiro atoms. The van der Waals surface area contributed by atoms with E-state index in [1.54, 1.807) is 30.3 Å². The van der Waals surface area contributed by atoms with Crippen molar-refractivity contribution in [3.8, 4) is 17.2 Å². The van der Waals surface area contributed by atoms with Gasteiger partial charge in [-0.15, -0.1) is 0 Å². The molecule has 0 bridgehead atoms. The molecule has 0 aliphatic rings. The largest absolute Gasteiger partial charge is 0.489 e. The van der Waals surface area contributed by atoms with E-state index in [4.69, 9.17) is 14.2 Å². The minimum Gasteiger partial charge on any atom is -0.489 e. The number of rotatable bonds is 9. The number of nitrogens with zero attached hydrogens (tertiary/aromatic N) is 1. The number of hydrogen-bond donors (Lipinski definition) is 0. The van der Waals surface area contributed by atoms with Gasteiger partial charge < -0.3 is 14.2 Å². The fraction of sp³-hybridized carbons (Fsp3) is 0.107. The van der Waals surface area contributed by atoms with Crippen LogP contribution in [0.2, 0.25) is 0 Å². The lowest BCUT2D eigenvalue weighted by Crippen LogP contribution is -2.05. The Hall–Kier alpha value is -4.65. The maximum absolute atomic E-state index is 12.5. The molecule has 0 atom stereocenters. The first kappa shape index (κ1) is 23.5. The molecule has 0 aliphatic heterocycles. The smallest absolute Gasteiger partial charge is 0.338 e. The first-order valence-electron chi connectivity index (χ1n) is 10.9. The van der Waals surface area contributed by atoms with Gasteiger partial charge in [0, 0.05) is 12.1 Å². The molecule has 4 aromatic carbocycles. The summed E-state index contributed by atoms with van der Waals surface area (Å²) >= 11 is 0. The summed E-state index contributed by atoms with van der Waals surface area (Å²) in [6.07, 6.45) is 0. The highest BCUT2D eigenvalue weighted by Crippen LogP contribution is 2.25. The van der Waals surface area contributed by atoms with Crippen molar-refractivity contribution in [3.63, 3.8) is 0 Å². The van der Waals surface area contributed by atoms with E-state index in [-0.39, 0.29) is 12.3 Å². The molecule has 176 valence electrons. The Morgan fingerprint density at radius 2 is 1.49 bits per heavy atom. The summed E-state index contributed by atoms with van der Waals surface area (Å²) in [5, 5.41) is 10.8. The Labute approximate surface area is 202 Å². The van der Waals surface area contributed by atoms with Crippen molar-refractivity contribution in [3.05, 3.63) is 129 Å². The molecule has 0 radical (unpaired) electrons. The second-order valence-electron chi connectivity index (χ2n) is 7.88. The zero-order valence-corrected chi connectivity index (χ0v) is 19.0. The number of aryl methyl sites for hydroxylation is 1. The lowest BCUT2D eigenvalue weighted by atomic mass is 10.1. The average Bonchev–Trinajstić information content (AvgIpc) is 2.87. The van der Waals surface area contributed by atoms with Crippen LogP contribution in [0.15, 0.2) is 97.1 Å². The summed E-state index contributed by atoms with van der Waals surface area (Å²) in [6.45, 7) is 2.49. The molecule has 7 nitrogen and oxygen atoms in total. The number of non-ortho nitro benzene ring substituents is 1. The van der Waals surface area contributed by atoms with Crippen LogP contribution in [0.25, 0.3) is 0 Å². The van der Waals surface area contributed by atoms with E-state index >= 15 is 0 Å². The Kier molecular flexibility index (Phi) is 7.37.